The number of carbonyl (C=O) groups is 1. The Hall–Kier alpha value is -0.270. The van der Waals surface area contributed by atoms with Crippen molar-refractivity contribution in [2.75, 3.05) is 0 Å². The second-order valence-electron chi connectivity index (χ2n) is 3.19. The van der Waals surface area contributed by atoms with Crippen LogP contribution in [0.25, 0.3) is 0 Å². The molecule has 5 heteroatoms. The molecule has 0 bridgehead atoms. The number of halogens is 2. The van der Waals surface area contributed by atoms with Gasteiger partial charge in [0.2, 0.25) is 0 Å². The number of hydrogen-bond acceptors (Lipinski definition) is 3. The topological polar surface area (TPSA) is 30.0 Å². The van der Waals surface area contributed by atoms with Crippen molar-refractivity contribution in [1.29, 1.82) is 0 Å². The fourth-order valence-electron chi connectivity index (χ4n) is 1.29. The molecule has 82 valence electrons. The third-order valence-corrected chi connectivity index (χ3v) is 4.26. The number of nitrogens with zero attached hydrogens (tertiary/aromatic N) is 1. The standard InChI is InChI=1S/C11H7BrINOS/c12-7-1-2-10(13)9(3-7)11(15)4-8-5-14-6-16-8/h1-3,5-6H,4H2. The van der Waals surface area contributed by atoms with Crippen LogP contribution in [0.1, 0.15) is 15.2 Å². The highest BCUT2D eigenvalue weighted by Gasteiger charge is 2.12. The van der Waals surface area contributed by atoms with E-state index in [4.69, 9.17) is 0 Å². The van der Waals surface area contributed by atoms with Crippen LogP contribution >= 0.6 is 49.9 Å². The minimum absolute atomic E-state index is 0.134. The summed E-state index contributed by atoms with van der Waals surface area (Å²) in [5, 5.41) is 0. The molecule has 0 fully saturated rings. The van der Waals surface area contributed by atoms with Crippen molar-refractivity contribution in [2.24, 2.45) is 0 Å². The molecule has 0 saturated heterocycles. The van der Waals surface area contributed by atoms with Gasteiger partial charge in [0, 0.05) is 31.1 Å². The molecule has 1 aromatic heterocycles. The molecule has 0 spiro atoms. The second kappa shape index (κ2) is 5.37. The van der Waals surface area contributed by atoms with E-state index < -0.39 is 0 Å². The van der Waals surface area contributed by atoms with Crippen molar-refractivity contribution in [3.05, 3.63) is 48.4 Å². The molecular weight excluding hydrogens is 401 g/mol. The molecule has 0 atom stereocenters. The molecule has 2 rings (SSSR count). The molecule has 2 nitrogen and oxygen atoms in total. The Morgan fingerprint density at radius 3 is 3.00 bits per heavy atom. The van der Waals surface area contributed by atoms with Crippen molar-refractivity contribution < 1.29 is 4.79 Å². The molecule has 0 amide bonds. The fourth-order valence-corrected chi connectivity index (χ4v) is 2.88. The molecule has 16 heavy (non-hydrogen) atoms. The molecule has 0 saturated carbocycles. The van der Waals surface area contributed by atoms with Crippen LogP contribution < -0.4 is 0 Å². The lowest BCUT2D eigenvalue weighted by Gasteiger charge is -2.03. The smallest absolute Gasteiger partial charge is 0.169 e. The third-order valence-electron chi connectivity index (χ3n) is 2.05. The van der Waals surface area contributed by atoms with Crippen molar-refractivity contribution in [3.8, 4) is 0 Å². The quantitative estimate of drug-likeness (QED) is 0.569. The van der Waals surface area contributed by atoms with Gasteiger partial charge >= 0.3 is 0 Å². The molecule has 0 unspecified atom stereocenters. The molecule has 0 radical (unpaired) electrons. The molecule has 0 aliphatic carbocycles. The predicted octanol–water partition coefficient (Wildman–Crippen LogP) is 3.94. The van der Waals surface area contributed by atoms with Crippen LogP contribution in [0, 0.1) is 3.57 Å². The zero-order valence-electron chi connectivity index (χ0n) is 8.11. The Bertz CT molecular complexity index is 513. The van der Waals surface area contributed by atoms with Gasteiger partial charge in [0.25, 0.3) is 0 Å². The summed E-state index contributed by atoms with van der Waals surface area (Å²) >= 11 is 7.07. The summed E-state index contributed by atoms with van der Waals surface area (Å²) in [5.74, 6) is 0.134. The average Bonchev–Trinajstić information content (AvgIpc) is 2.74. The Balaban J connectivity index is 2.24. The van der Waals surface area contributed by atoms with Crippen LogP contribution in [-0.2, 0) is 6.42 Å². The van der Waals surface area contributed by atoms with E-state index in [9.17, 15) is 4.79 Å². The van der Waals surface area contributed by atoms with E-state index in [2.05, 4.69) is 43.5 Å². The Labute approximate surface area is 119 Å². The number of hydrogen-bond donors (Lipinski definition) is 0. The van der Waals surface area contributed by atoms with Crippen LogP contribution in [0.3, 0.4) is 0 Å². The van der Waals surface area contributed by atoms with Gasteiger partial charge in [-0.1, -0.05) is 15.9 Å². The summed E-state index contributed by atoms with van der Waals surface area (Å²) in [6.45, 7) is 0. The van der Waals surface area contributed by atoms with Crippen LogP contribution in [0.4, 0.5) is 0 Å². The summed E-state index contributed by atoms with van der Waals surface area (Å²) in [7, 11) is 0. The van der Waals surface area contributed by atoms with Crippen molar-refractivity contribution >= 4 is 55.6 Å². The number of aromatic nitrogens is 1. The van der Waals surface area contributed by atoms with Gasteiger partial charge in [-0.2, -0.15) is 0 Å². The number of carbonyl (C=O) groups excluding carboxylic acids is 1. The van der Waals surface area contributed by atoms with Gasteiger partial charge < -0.3 is 0 Å². The number of rotatable bonds is 3. The highest BCUT2D eigenvalue weighted by atomic mass is 127. The lowest BCUT2D eigenvalue weighted by Crippen LogP contribution is -2.04. The Morgan fingerprint density at radius 2 is 2.31 bits per heavy atom. The first-order valence-corrected chi connectivity index (χ1v) is 7.27. The highest BCUT2D eigenvalue weighted by Crippen LogP contribution is 2.20. The maximum absolute atomic E-state index is 12.0. The normalized spacial score (nSPS) is 10.4. The molecule has 1 heterocycles. The predicted molar refractivity (Wildman–Crippen MR) is 77.0 cm³/mol. The number of ketones is 1. The SMILES string of the molecule is O=C(Cc1cncs1)c1cc(Br)ccc1I. The summed E-state index contributed by atoms with van der Waals surface area (Å²) in [5.41, 5.74) is 2.51. The van der Waals surface area contributed by atoms with Gasteiger partial charge in [-0.3, -0.25) is 9.78 Å². The lowest BCUT2D eigenvalue weighted by atomic mass is 10.1. The Morgan fingerprint density at radius 1 is 1.50 bits per heavy atom. The largest absolute Gasteiger partial charge is 0.294 e. The van der Waals surface area contributed by atoms with E-state index >= 15 is 0 Å². The van der Waals surface area contributed by atoms with Gasteiger partial charge in [-0.05, 0) is 40.8 Å². The molecular formula is C11H7BrINOS. The minimum Gasteiger partial charge on any atom is -0.294 e. The zero-order chi connectivity index (χ0) is 11.5. The Kier molecular flexibility index (Phi) is 4.10. The molecule has 0 N–H and O–H groups in total. The van der Waals surface area contributed by atoms with Crippen LogP contribution in [0.15, 0.2) is 34.4 Å². The van der Waals surface area contributed by atoms with Crippen LogP contribution in [0.5, 0.6) is 0 Å². The molecule has 0 aliphatic heterocycles. The van der Waals surface area contributed by atoms with Crippen molar-refractivity contribution in [1.82, 2.24) is 4.98 Å². The van der Waals surface area contributed by atoms with E-state index in [-0.39, 0.29) is 5.78 Å². The van der Waals surface area contributed by atoms with E-state index in [1.165, 1.54) is 11.3 Å². The van der Waals surface area contributed by atoms with Gasteiger partial charge in [0.05, 0.1) is 5.51 Å². The van der Waals surface area contributed by atoms with E-state index in [1.54, 1.807) is 11.7 Å². The average molecular weight is 408 g/mol. The minimum atomic E-state index is 0.134. The van der Waals surface area contributed by atoms with Gasteiger partial charge in [0.1, 0.15) is 0 Å². The second-order valence-corrected chi connectivity index (χ2v) is 6.24. The van der Waals surface area contributed by atoms with Gasteiger partial charge in [0.15, 0.2) is 5.78 Å². The lowest BCUT2D eigenvalue weighted by molar-refractivity contribution is 0.0993. The van der Waals surface area contributed by atoms with E-state index in [1.807, 2.05) is 18.2 Å². The molecule has 0 aliphatic rings. The van der Waals surface area contributed by atoms with Crippen molar-refractivity contribution in [3.63, 3.8) is 0 Å². The van der Waals surface area contributed by atoms with E-state index in [0.717, 1.165) is 18.5 Å². The maximum atomic E-state index is 12.0. The monoisotopic (exact) mass is 407 g/mol. The zero-order valence-corrected chi connectivity index (χ0v) is 12.7. The first-order valence-electron chi connectivity index (χ1n) is 4.52. The number of benzene rings is 1. The first kappa shape index (κ1) is 12.2. The van der Waals surface area contributed by atoms with Gasteiger partial charge in [-0.15, -0.1) is 11.3 Å². The first-order chi connectivity index (χ1) is 7.66. The summed E-state index contributed by atoms with van der Waals surface area (Å²) < 4.78 is 1.91. The summed E-state index contributed by atoms with van der Waals surface area (Å²) in [6.07, 6.45) is 2.17. The number of Topliss-reactive ketones (excluding diaryl/α,β-unsaturated/α-hetero) is 1. The van der Waals surface area contributed by atoms with Crippen LogP contribution in [-0.4, -0.2) is 10.8 Å². The van der Waals surface area contributed by atoms with Crippen molar-refractivity contribution in [2.45, 2.75) is 6.42 Å². The van der Waals surface area contributed by atoms with Crippen LogP contribution in [0.2, 0.25) is 0 Å². The highest BCUT2D eigenvalue weighted by molar-refractivity contribution is 14.1. The summed E-state index contributed by atoms with van der Waals surface area (Å²) in [6, 6.07) is 5.74. The third kappa shape index (κ3) is 2.89. The fraction of sp³-hybridized carbons (Fsp3) is 0.0909. The molecule has 1 aromatic carbocycles. The maximum Gasteiger partial charge on any atom is 0.169 e. The number of thiazole rings is 1. The van der Waals surface area contributed by atoms with Gasteiger partial charge in [-0.25, -0.2) is 0 Å². The molecule has 2 aromatic rings. The summed E-state index contributed by atoms with van der Waals surface area (Å²) in [4.78, 5) is 17.0. The van der Waals surface area contributed by atoms with E-state index in [0.29, 0.717) is 6.42 Å².